The molecule has 1 N–H and O–H groups in total. The molecule has 3 aliphatic rings. The first-order valence-electron chi connectivity index (χ1n) is 10.6. The number of hydrazone groups is 1. The van der Waals surface area contributed by atoms with Crippen molar-refractivity contribution < 1.29 is 14.5 Å². The zero-order valence-electron chi connectivity index (χ0n) is 17.9. The fourth-order valence-electron chi connectivity index (χ4n) is 5.93. The maximum atomic E-state index is 14.2. The van der Waals surface area contributed by atoms with Gasteiger partial charge in [0, 0.05) is 34.3 Å². The van der Waals surface area contributed by atoms with Crippen molar-refractivity contribution in [3.05, 3.63) is 99.1 Å². The van der Waals surface area contributed by atoms with E-state index in [9.17, 15) is 19.7 Å². The number of nitro groups is 1. The van der Waals surface area contributed by atoms with Crippen LogP contribution < -0.4 is 10.3 Å². The summed E-state index contributed by atoms with van der Waals surface area (Å²) in [5.74, 6) is -1.45. The highest BCUT2D eigenvalue weighted by Gasteiger charge is 2.90. The van der Waals surface area contributed by atoms with E-state index in [1.54, 1.807) is 61.5 Å². The van der Waals surface area contributed by atoms with Crippen LogP contribution in [0.15, 0.2) is 77.9 Å². The summed E-state index contributed by atoms with van der Waals surface area (Å²) in [6.45, 7) is 1.72. The number of amides is 2. The van der Waals surface area contributed by atoms with Crippen LogP contribution in [-0.4, -0.2) is 22.4 Å². The van der Waals surface area contributed by atoms with Gasteiger partial charge in [-0.25, -0.2) is 0 Å². The van der Waals surface area contributed by atoms with Gasteiger partial charge < -0.3 is 5.32 Å². The van der Waals surface area contributed by atoms with E-state index in [1.807, 2.05) is 6.07 Å². The number of rotatable bonds is 3. The molecule has 2 amide bonds. The highest BCUT2D eigenvalue weighted by Crippen LogP contribution is 2.80. The molecule has 0 aromatic heterocycles. The van der Waals surface area contributed by atoms with Gasteiger partial charge in [0.15, 0.2) is 0 Å². The molecule has 3 aromatic rings. The topological polar surface area (TPSA) is 105 Å². The Morgan fingerprint density at radius 1 is 1.03 bits per heavy atom. The summed E-state index contributed by atoms with van der Waals surface area (Å²) in [6.07, 6.45) is 0. The Balaban J connectivity index is 1.62. The van der Waals surface area contributed by atoms with Crippen LogP contribution in [0.2, 0.25) is 5.02 Å². The van der Waals surface area contributed by atoms with Crippen molar-refractivity contribution in [3.63, 3.8) is 0 Å². The SMILES string of the molecule is CC1=NN(c2ccccc2)C(=O)[C@@]12C(c1cccc([N+](=O)[O-])c1)[C@]21C(=O)Nc2cccc(Cl)c21. The Bertz CT molecular complexity index is 1460. The van der Waals surface area contributed by atoms with E-state index < -0.39 is 21.7 Å². The van der Waals surface area contributed by atoms with E-state index in [-0.39, 0.29) is 17.5 Å². The van der Waals surface area contributed by atoms with Crippen molar-refractivity contribution in [1.29, 1.82) is 0 Å². The Morgan fingerprint density at radius 3 is 2.50 bits per heavy atom. The number of carbonyl (C=O) groups is 2. The lowest BCUT2D eigenvalue weighted by atomic mass is 9.84. The van der Waals surface area contributed by atoms with Crippen molar-refractivity contribution in [3.8, 4) is 0 Å². The average Bonchev–Trinajstić information content (AvgIpc) is 3.26. The van der Waals surface area contributed by atoms with Crippen LogP contribution in [0.25, 0.3) is 0 Å². The third kappa shape index (κ3) is 2.25. The Hall–Kier alpha value is -4.04. The average molecular weight is 473 g/mol. The normalized spacial score (nSPS) is 26.6. The number of carbonyl (C=O) groups excluding carboxylic acids is 2. The quantitative estimate of drug-likeness (QED) is 0.442. The van der Waals surface area contributed by atoms with Crippen molar-refractivity contribution in [2.75, 3.05) is 10.3 Å². The second kappa shape index (κ2) is 6.74. The van der Waals surface area contributed by atoms with E-state index in [1.165, 1.54) is 17.1 Å². The first-order chi connectivity index (χ1) is 16.3. The van der Waals surface area contributed by atoms with Gasteiger partial charge in [-0.3, -0.25) is 19.7 Å². The molecular weight excluding hydrogens is 456 g/mol. The molecule has 1 unspecified atom stereocenters. The first kappa shape index (κ1) is 20.6. The molecule has 0 radical (unpaired) electrons. The standard InChI is InChI=1S/C25H17ClN4O4/c1-14-24(23(32)29(28-14)16-8-3-2-4-9-16)21(15-7-5-10-17(13-15)30(33)34)25(24)20-18(26)11-6-12-19(20)27-22(25)31/h2-13,21H,1H3,(H,27,31)/t21?,24-,25+/m0/s1. The van der Waals surface area contributed by atoms with Gasteiger partial charge in [0.05, 0.1) is 16.3 Å². The zero-order valence-corrected chi connectivity index (χ0v) is 18.6. The Labute approximate surface area is 199 Å². The molecule has 1 saturated carbocycles. The van der Waals surface area contributed by atoms with Gasteiger partial charge in [-0.05, 0) is 36.8 Å². The molecule has 8 nitrogen and oxygen atoms in total. The maximum absolute atomic E-state index is 14.2. The summed E-state index contributed by atoms with van der Waals surface area (Å²) >= 11 is 6.64. The minimum absolute atomic E-state index is 0.118. The monoisotopic (exact) mass is 472 g/mol. The largest absolute Gasteiger partial charge is 0.325 e. The maximum Gasteiger partial charge on any atom is 0.269 e. The van der Waals surface area contributed by atoms with Crippen LogP contribution in [0.5, 0.6) is 0 Å². The molecule has 2 spiro atoms. The second-order valence-corrected chi connectivity index (χ2v) is 9.06. The number of benzene rings is 3. The molecule has 3 atom stereocenters. The predicted molar refractivity (Wildman–Crippen MR) is 127 cm³/mol. The lowest BCUT2D eigenvalue weighted by Gasteiger charge is -2.18. The molecular formula is C25H17ClN4O4. The van der Waals surface area contributed by atoms with Gasteiger partial charge in [-0.2, -0.15) is 10.1 Å². The second-order valence-electron chi connectivity index (χ2n) is 8.66. The minimum Gasteiger partial charge on any atom is -0.325 e. The molecule has 9 heteroatoms. The van der Waals surface area contributed by atoms with Gasteiger partial charge in [-0.1, -0.05) is 48.0 Å². The molecule has 6 rings (SSSR count). The number of nitrogens with one attached hydrogen (secondary N) is 1. The third-order valence-electron chi connectivity index (χ3n) is 7.18. The van der Waals surface area contributed by atoms with Gasteiger partial charge in [0.2, 0.25) is 5.91 Å². The Kier molecular flexibility index (Phi) is 4.08. The van der Waals surface area contributed by atoms with E-state index in [4.69, 9.17) is 11.6 Å². The number of halogens is 1. The van der Waals surface area contributed by atoms with Gasteiger partial charge >= 0.3 is 0 Å². The molecule has 1 aliphatic carbocycles. The lowest BCUT2D eigenvalue weighted by molar-refractivity contribution is -0.384. The molecule has 1 fully saturated rings. The fraction of sp³-hybridized carbons (Fsp3) is 0.160. The van der Waals surface area contributed by atoms with Crippen molar-refractivity contribution in [2.45, 2.75) is 18.3 Å². The number of anilines is 2. The highest BCUT2D eigenvalue weighted by atomic mass is 35.5. The molecule has 34 heavy (non-hydrogen) atoms. The summed E-state index contributed by atoms with van der Waals surface area (Å²) < 4.78 is 0. The number of non-ortho nitro benzene ring substituents is 1. The summed E-state index contributed by atoms with van der Waals surface area (Å²) in [7, 11) is 0. The summed E-state index contributed by atoms with van der Waals surface area (Å²) in [6, 6.07) is 20.2. The smallest absolute Gasteiger partial charge is 0.269 e. The highest BCUT2D eigenvalue weighted by molar-refractivity contribution is 6.37. The van der Waals surface area contributed by atoms with Gasteiger partial charge in [0.1, 0.15) is 10.8 Å². The number of hydrogen-bond donors (Lipinski definition) is 1. The lowest BCUT2D eigenvalue weighted by Crippen LogP contribution is -2.38. The first-order valence-corrected chi connectivity index (χ1v) is 11.0. The molecule has 0 saturated heterocycles. The van der Waals surface area contributed by atoms with Gasteiger partial charge in [-0.15, -0.1) is 0 Å². The summed E-state index contributed by atoms with van der Waals surface area (Å²) in [4.78, 5) is 38.9. The predicted octanol–water partition coefficient (Wildman–Crippen LogP) is 4.64. The van der Waals surface area contributed by atoms with Crippen molar-refractivity contribution in [2.24, 2.45) is 10.5 Å². The van der Waals surface area contributed by atoms with Crippen LogP contribution in [0.1, 0.15) is 24.0 Å². The van der Waals surface area contributed by atoms with E-state index in [0.29, 0.717) is 33.2 Å². The number of nitrogens with zero attached hydrogens (tertiary/aromatic N) is 3. The summed E-state index contributed by atoms with van der Waals surface area (Å²) in [5.41, 5.74) is -0.258. The molecule has 0 bridgehead atoms. The van der Waals surface area contributed by atoms with Crippen molar-refractivity contribution >= 4 is 46.2 Å². The number of hydrogen-bond acceptors (Lipinski definition) is 5. The zero-order chi connectivity index (χ0) is 23.8. The molecule has 2 heterocycles. The third-order valence-corrected chi connectivity index (χ3v) is 7.50. The van der Waals surface area contributed by atoms with E-state index >= 15 is 0 Å². The Morgan fingerprint density at radius 2 is 1.76 bits per heavy atom. The fourth-order valence-corrected chi connectivity index (χ4v) is 6.26. The van der Waals surface area contributed by atoms with Crippen LogP contribution in [0.4, 0.5) is 17.1 Å². The van der Waals surface area contributed by atoms with Crippen molar-refractivity contribution in [1.82, 2.24) is 0 Å². The van der Waals surface area contributed by atoms with E-state index in [0.717, 1.165) is 0 Å². The molecule has 2 aliphatic heterocycles. The number of nitro benzene ring substituents is 1. The van der Waals surface area contributed by atoms with Gasteiger partial charge in [0.25, 0.3) is 11.6 Å². The van der Waals surface area contributed by atoms with Crippen LogP contribution >= 0.6 is 11.6 Å². The van der Waals surface area contributed by atoms with Crippen LogP contribution in [0.3, 0.4) is 0 Å². The minimum atomic E-state index is -1.37. The number of fused-ring (bicyclic) bond motifs is 3. The van der Waals surface area contributed by atoms with Crippen LogP contribution in [0, 0.1) is 15.5 Å². The van der Waals surface area contributed by atoms with Crippen LogP contribution in [-0.2, 0) is 15.0 Å². The number of para-hydroxylation sites is 1. The summed E-state index contributed by atoms with van der Waals surface area (Å²) in [5, 5.41) is 20.7. The van der Waals surface area contributed by atoms with E-state index in [2.05, 4.69) is 10.4 Å². The molecule has 168 valence electrons. The molecule has 3 aromatic carbocycles.